The zero-order valence-electron chi connectivity index (χ0n) is 12.0. The van der Waals surface area contributed by atoms with Crippen molar-refractivity contribution in [3.8, 4) is 0 Å². The van der Waals surface area contributed by atoms with Crippen LogP contribution in [0.3, 0.4) is 0 Å². The minimum atomic E-state index is -0.0167. The molecular weight excluding hydrogens is 304 g/mol. The van der Waals surface area contributed by atoms with Gasteiger partial charge >= 0.3 is 6.03 Å². The molecule has 1 aromatic rings. The number of urea groups is 1. The maximum absolute atomic E-state index is 12.2. The van der Waals surface area contributed by atoms with Gasteiger partial charge in [0.05, 0.1) is 10.9 Å². The molecule has 2 amide bonds. The predicted octanol–water partition coefficient (Wildman–Crippen LogP) is 4.03. The van der Waals surface area contributed by atoms with Crippen molar-refractivity contribution in [2.24, 2.45) is 23.7 Å². The van der Waals surface area contributed by atoms with Gasteiger partial charge in [0.1, 0.15) is 0 Å². The maximum atomic E-state index is 12.2. The highest BCUT2D eigenvalue weighted by Gasteiger charge is 2.48. The van der Waals surface area contributed by atoms with Gasteiger partial charge < -0.3 is 10.6 Å². The molecule has 0 aromatic carbocycles. The van der Waals surface area contributed by atoms with Crippen LogP contribution in [0.2, 0.25) is 4.34 Å². The number of nitrogens with one attached hydrogen (secondary N) is 2. The third kappa shape index (κ3) is 2.80. The highest BCUT2D eigenvalue weighted by atomic mass is 35.5. The van der Waals surface area contributed by atoms with Gasteiger partial charge in [-0.05, 0) is 67.9 Å². The van der Waals surface area contributed by atoms with E-state index in [1.807, 2.05) is 12.1 Å². The first-order chi connectivity index (χ1) is 10.2. The number of halogens is 1. The number of carbonyl (C=O) groups is 1. The maximum Gasteiger partial charge on any atom is 0.315 e. The Morgan fingerprint density at radius 1 is 1.14 bits per heavy atom. The van der Waals surface area contributed by atoms with E-state index in [0.29, 0.717) is 12.6 Å². The van der Waals surface area contributed by atoms with Crippen molar-refractivity contribution in [3.05, 3.63) is 21.3 Å². The molecule has 114 valence electrons. The lowest BCUT2D eigenvalue weighted by atomic mass is 9.54. The van der Waals surface area contributed by atoms with Crippen LogP contribution in [0.25, 0.3) is 0 Å². The molecule has 21 heavy (non-hydrogen) atoms. The molecule has 4 saturated carbocycles. The average molecular weight is 325 g/mol. The van der Waals surface area contributed by atoms with Crippen molar-refractivity contribution in [1.29, 1.82) is 0 Å². The van der Waals surface area contributed by atoms with Crippen molar-refractivity contribution in [3.63, 3.8) is 0 Å². The molecule has 0 unspecified atom stereocenters. The van der Waals surface area contributed by atoms with Gasteiger partial charge in [-0.2, -0.15) is 0 Å². The summed E-state index contributed by atoms with van der Waals surface area (Å²) in [5.74, 6) is 3.34. The second kappa shape index (κ2) is 5.47. The van der Waals surface area contributed by atoms with E-state index in [9.17, 15) is 4.79 Å². The first-order valence-electron chi connectivity index (χ1n) is 7.96. The van der Waals surface area contributed by atoms with Crippen LogP contribution in [0, 0.1) is 23.7 Å². The molecule has 4 aliphatic rings. The molecule has 4 aliphatic carbocycles. The largest absolute Gasteiger partial charge is 0.335 e. The summed E-state index contributed by atoms with van der Waals surface area (Å²) in [6.45, 7) is 0.566. The van der Waals surface area contributed by atoms with Gasteiger partial charge in [0.15, 0.2) is 0 Å². The SMILES string of the molecule is O=C(NCc1ccc(Cl)s1)NC1C2CC3CC(C2)CC1C3. The Morgan fingerprint density at radius 3 is 2.38 bits per heavy atom. The molecule has 5 rings (SSSR count). The van der Waals surface area contributed by atoms with E-state index in [1.54, 1.807) is 0 Å². The quantitative estimate of drug-likeness (QED) is 0.866. The van der Waals surface area contributed by atoms with Crippen LogP contribution in [0.5, 0.6) is 0 Å². The molecule has 4 fully saturated rings. The van der Waals surface area contributed by atoms with E-state index < -0.39 is 0 Å². The zero-order chi connectivity index (χ0) is 14.4. The van der Waals surface area contributed by atoms with Gasteiger partial charge in [-0.1, -0.05) is 11.6 Å². The molecule has 1 heterocycles. The van der Waals surface area contributed by atoms with Crippen LogP contribution >= 0.6 is 22.9 Å². The van der Waals surface area contributed by atoms with Crippen LogP contribution in [0.4, 0.5) is 4.79 Å². The topological polar surface area (TPSA) is 41.1 Å². The summed E-state index contributed by atoms with van der Waals surface area (Å²) in [7, 11) is 0. The summed E-state index contributed by atoms with van der Waals surface area (Å²) in [6.07, 6.45) is 6.78. The van der Waals surface area contributed by atoms with E-state index in [0.717, 1.165) is 32.9 Å². The monoisotopic (exact) mass is 324 g/mol. The van der Waals surface area contributed by atoms with Crippen molar-refractivity contribution >= 4 is 29.0 Å². The lowest BCUT2D eigenvalue weighted by Gasteiger charge is -2.54. The van der Waals surface area contributed by atoms with Gasteiger partial charge in [0.25, 0.3) is 0 Å². The minimum absolute atomic E-state index is 0.0167. The van der Waals surface area contributed by atoms with Crippen LogP contribution in [-0.2, 0) is 6.54 Å². The van der Waals surface area contributed by atoms with Gasteiger partial charge in [0, 0.05) is 10.9 Å². The molecule has 0 radical (unpaired) electrons. The second-order valence-electron chi connectivity index (χ2n) is 6.99. The fourth-order valence-electron chi connectivity index (χ4n) is 4.98. The Bertz CT molecular complexity index is 516. The number of hydrogen-bond donors (Lipinski definition) is 2. The van der Waals surface area contributed by atoms with Crippen LogP contribution < -0.4 is 10.6 Å². The fourth-order valence-corrected chi connectivity index (χ4v) is 6.00. The van der Waals surface area contributed by atoms with Crippen LogP contribution in [-0.4, -0.2) is 12.1 Å². The fraction of sp³-hybridized carbons (Fsp3) is 0.688. The number of thiophene rings is 1. The summed E-state index contributed by atoms with van der Waals surface area (Å²) >= 11 is 7.43. The number of rotatable bonds is 3. The predicted molar refractivity (Wildman–Crippen MR) is 85.5 cm³/mol. The molecule has 4 bridgehead atoms. The average Bonchev–Trinajstić information content (AvgIpc) is 2.85. The summed E-state index contributed by atoms with van der Waals surface area (Å²) in [6, 6.07) is 4.23. The van der Waals surface area contributed by atoms with E-state index in [2.05, 4.69) is 10.6 Å². The first kappa shape index (κ1) is 13.9. The van der Waals surface area contributed by atoms with Crippen LogP contribution in [0.1, 0.15) is 37.0 Å². The Morgan fingerprint density at radius 2 is 1.81 bits per heavy atom. The van der Waals surface area contributed by atoms with Gasteiger partial charge in [-0.25, -0.2) is 4.79 Å². The normalized spacial score (nSPS) is 36.7. The molecule has 0 spiro atoms. The first-order valence-corrected chi connectivity index (χ1v) is 9.15. The standard InChI is InChI=1S/C16H21ClN2OS/c17-14-2-1-13(21-14)8-18-16(20)19-15-11-4-9-3-10(6-11)7-12(15)5-9/h1-2,9-12,15H,3-8H2,(H2,18,19,20). The van der Waals surface area contributed by atoms with E-state index in [1.165, 1.54) is 43.4 Å². The third-order valence-corrected chi connectivity index (χ3v) is 6.81. The summed E-state index contributed by atoms with van der Waals surface area (Å²) in [5.41, 5.74) is 0. The van der Waals surface area contributed by atoms with E-state index in [4.69, 9.17) is 11.6 Å². The zero-order valence-corrected chi connectivity index (χ0v) is 13.6. The van der Waals surface area contributed by atoms with Gasteiger partial charge in [0.2, 0.25) is 0 Å². The Labute approximate surface area is 134 Å². The number of hydrogen-bond acceptors (Lipinski definition) is 2. The Hall–Kier alpha value is -0.740. The van der Waals surface area contributed by atoms with Crippen molar-refractivity contribution in [2.75, 3.05) is 0 Å². The van der Waals surface area contributed by atoms with E-state index >= 15 is 0 Å². The second-order valence-corrected chi connectivity index (χ2v) is 8.79. The molecule has 0 atom stereocenters. The third-order valence-electron chi connectivity index (χ3n) is 5.58. The molecular formula is C16H21ClN2OS. The number of amides is 2. The molecule has 0 aliphatic heterocycles. The van der Waals surface area contributed by atoms with Gasteiger partial charge in [-0.15, -0.1) is 11.3 Å². The highest BCUT2D eigenvalue weighted by molar-refractivity contribution is 7.16. The smallest absolute Gasteiger partial charge is 0.315 e. The summed E-state index contributed by atoms with van der Waals surface area (Å²) in [4.78, 5) is 13.3. The minimum Gasteiger partial charge on any atom is -0.335 e. The molecule has 0 saturated heterocycles. The molecule has 3 nitrogen and oxygen atoms in total. The Balaban J connectivity index is 1.32. The molecule has 2 N–H and O–H groups in total. The van der Waals surface area contributed by atoms with E-state index in [-0.39, 0.29) is 6.03 Å². The van der Waals surface area contributed by atoms with Crippen LogP contribution in [0.15, 0.2) is 12.1 Å². The highest BCUT2D eigenvalue weighted by Crippen LogP contribution is 2.53. The summed E-state index contributed by atoms with van der Waals surface area (Å²) < 4.78 is 0.772. The molecule has 1 aromatic heterocycles. The van der Waals surface area contributed by atoms with Crippen molar-refractivity contribution < 1.29 is 4.79 Å². The van der Waals surface area contributed by atoms with Crippen molar-refractivity contribution in [2.45, 2.75) is 44.7 Å². The van der Waals surface area contributed by atoms with Crippen molar-refractivity contribution in [1.82, 2.24) is 10.6 Å². The van der Waals surface area contributed by atoms with Gasteiger partial charge in [-0.3, -0.25) is 0 Å². The summed E-state index contributed by atoms with van der Waals surface area (Å²) in [5, 5.41) is 6.23. The lowest BCUT2D eigenvalue weighted by Crippen LogP contribution is -2.57. The Kier molecular flexibility index (Phi) is 3.62. The lowest BCUT2D eigenvalue weighted by molar-refractivity contribution is -0.00942. The molecule has 5 heteroatoms. The number of carbonyl (C=O) groups excluding carboxylic acids is 1.